The highest BCUT2D eigenvalue weighted by molar-refractivity contribution is 5.92. The van der Waals surface area contributed by atoms with E-state index in [1.807, 2.05) is 19.1 Å². The molecule has 4 aliphatic rings. The number of hydrogen-bond donors (Lipinski definition) is 3. The molecule has 0 radical (unpaired) electrons. The van der Waals surface area contributed by atoms with E-state index in [2.05, 4.69) is 6.92 Å². The third kappa shape index (κ3) is 6.23. The monoisotopic (exact) mass is 671 g/mol. The number of Topliss-reactive ketones (excluding diaryl/α,β-unsaturated/α-hetero) is 2. The molecule has 2 aromatic carbocycles. The predicted octanol–water partition coefficient (Wildman–Crippen LogP) is 6.03. The summed E-state index contributed by atoms with van der Waals surface area (Å²) in [6, 6.07) is 12.4. The van der Waals surface area contributed by atoms with Crippen molar-refractivity contribution in [2.75, 3.05) is 13.7 Å². The Morgan fingerprint density at radius 2 is 1.75 bits per heavy atom. The molecule has 4 aliphatic carbocycles. The van der Waals surface area contributed by atoms with E-state index in [0.29, 0.717) is 12.3 Å². The summed E-state index contributed by atoms with van der Waals surface area (Å²) in [7, 11) is 1.21. The molecule has 3 N–H and O–H groups in total. The van der Waals surface area contributed by atoms with Gasteiger partial charge in [-0.15, -0.1) is 0 Å². The molecule has 8 nitrogen and oxygen atoms in total. The standard InChI is InChI=1S/C21H32O5.C16H12F3NO2/c1-19-7-5-13(23)9-12(19)3-4-14-15-6-8-21(26,17(25)11-22)20(15,2)10-16(24)18(14)19;1-21-14-7-12(16(17,18)19)8-15(13(14)9-20)22-10-11-5-3-2-4-6-11/h12-15,18,22-23,26H,3-11H2,1-2H3;2-8H,10H2,1H3/t12-,13-,14+,15+,18-,19+,20+,21+;/m1./s1. The van der Waals surface area contributed by atoms with Gasteiger partial charge >= 0.3 is 6.18 Å². The molecule has 0 amide bonds. The van der Waals surface area contributed by atoms with Crippen molar-refractivity contribution in [3.05, 3.63) is 59.2 Å². The minimum Gasteiger partial charge on any atom is -0.495 e. The lowest BCUT2D eigenvalue weighted by Crippen LogP contribution is -2.62. The van der Waals surface area contributed by atoms with Gasteiger partial charge in [-0.2, -0.15) is 18.4 Å². The zero-order valence-corrected chi connectivity index (χ0v) is 27.6. The second-order valence-corrected chi connectivity index (χ2v) is 14.4. The van der Waals surface area contributed by atoms with Crippen molar-refractivity contribution in [1.29, 1.82) is 5.26 Å². The predicted molar refractivity (Wildman–Crippen MR) is 169 cm³/mol. The minimum atomic E-state index is -4.55. The quantitative estimate of drug-likeness (QED) is 0.339. The molecule has 0 aliphatic heterocycles. The molecule has 0 unspecified atom stereocenters. The number of alkyl halides is 3. The number of ketones is 2. The van der Waals surface area contributed by atoms with Crippen LogP contribution < -0.4 is 9.47 Å². The molecule has 4 saturated carbocycles. The number of benzene rings is 2. The van der Waals surface area contributed by atoms with Crippen molar-refractivity contribution in [3.63, 3.8) is 0 Å². The van der Waals surface area contributed by atoms with Gasteiger partial charge in [0.15, 0.2) is 5.78 Å². The third-order valence-electron chi connectivity index (χ3n) is 12.0. The van der Waals surface area contributed by atoms with Crippen LogP contribution in [0.5, 0.6) is 11.5 Å². The number of carbonyl (C=O) groups excluding carboxylic acids is 2. The summed E-state index contributed by atoms with van der Waals surface area (Å²) in [4.78, 5) is 25.7. The van der Waals surface area contributed by atoms with Crippen LogP contribution in [-0.4, -0.2) is 52.3 Å². The normalized spacial score (nSPS) is 34.0. The number of ether oxygens (including phenoxy) is 2. The fraction of sp³-hybridized carbons (Fsp3) is 0.595. The third-order valence-corrected chi connectivity index (χ3v) is 12.0. The molecule has 8 atom stereocenters. The lowest BCUT2D eigenvalue weighted by atomic mass is 9.44. The smallest absolute Gasteiger partial charge is 0.416 e. The van der Waals surface area contributed by atoms with Crippen LogP contribution in [-0.2, 0) is 22.4 Å². The maximum Gasteiger partial charge on any atom is 0.416 e. The SMILES string of the molecule is COc1cc(C(F)(F)F)cc(OCc2ccccc2)c1C#N.C[C@]12CC[C@@H](O)C[C@H]1CC[C@@H]1[C@@H]2C(=O)C[C@@]2(C)[C@H]1CC[C@]2(O)C(=O)CO. The Balaban J connectivity index is 0.000000191. The van der Waals surface area contributed by atoms with E-state index in [4.69, 9.17) is 14.7 Å². The van der Waals surface area contributed by atoms with Gasteiger partial charge in [0.2, 0.25) is 0 Å². The Labute approximate surface area is 278 Å². The van der Waals surface area contributed by atoms with E-state index in [1.54, 1.807) is 24.3 Å². The molecule has 11 heteroatoms. The highest BCUT2D eigenvalue weighted by Gasteiger charge is 2.68. The molecule has 48 heavy (non-hydrogen) atoms. The van der Waals surface area contributed by atoms with Crippen LogP contribution in [0.4, 0.5) is 13.2 Å². The van der Waals surface area contributed by atoms with Gasteiger partial charge in [0.1, 0.15) is 47.7 Å². The minimum absolute atomic E-state index is 0.0154. The first-order valence-corrected chi connectivity index (χ1v) is 16.6. The number of nitrogens with zero attached hydrogens (tertiary/aromatic N) is 1. The van der Waals surface area contributed by atoms with Crippen molar-refractivity contribution >= 4 is 11.6 Å². The van der Waals surface area contributed by atoms with Crippen molar-refractivity contribution in [2.24, 2.45) is 34.5 Å². The number of aliphatic hydroxyl groups is 3. The van der Waals surface area contributed by atoms with Gasteiger partial charge < -0.3 is 24.8 Å². The van der Waals surface area contributed by atoms with E-state index in [1.165, 1.54) is 7.11 Å². The summed E-state index contributed by atoms with van der Waals surface area (Å²) in [6.45, 7) is 3.52. The number of halogens is 3. The number of rotatable bonds is 6. The molecule has 0 aromatic heterocycles. The highest BCUT2D eigenvalue weighted by Crippen LogP contribution is 2.67. The Kier molecular flexibility index (Phi) is 10.0. The number of nitriles is 1. The first kappa shape index (κ1) is 35.8. The summed E-state index contributed by atoms with van der Waals surface area (Å²) in [5, 5.41) is 39.7. The lowest BCUT2D eigenvalue weighted by molar-refractivity contribution is -0.180. The maximum absolute atomic E-state index is 13.4. The summed E-state index contributed by atoms with van der Waals surface area (Å²) < 4.78 is 48.9. The largest absolute Gasteiger partial charge is 0.495 e. The van der Waals surface area contributed by atoms with E-state index >= 15 is 0 Å². The van der Waals surface area contributed by atoms with Crippen molar-refractivity contribution in [1.82, 2.24) is 0 Å². The number of hydrogen-bond acceptors (Lipinski definition) is 8. The fourth-order valence-corrected chi connectivity index (χ4v) is 9.52. The average molecular weight is 672 g/mol. The molecule has 2 aromatic rings. The first-order chi connectivity index (χ1) is 22.6. The number of carbonyl (C=O) groups is 2. The van der Waals surface area contributed by atoms with Gasteiger partial charge in [-0.05, 0) is 85.8 Å². The van der Waals surface area contributed by atoms with Gasteiger partial charge in [-0.25, -0.2) is 0 Å². The lowest BCUT2D eigenvalue weighted by Gasteiger charge is -2.60. The Hall–Kier alpha value is -3.46. The number of methoxy groups -OCH3 is 1. The zero-order chi connectivity index (χ0) is 35.1. The molecule has 0 spiro atoms. The molecule has 0 saturated heterocycles. The molecule has 0 heterocycles. The molecule has 260 valence electrons. The molecule has 4 fully saturated rings. The van der Waals surface area contributed by atoms with Crippen LogP contribution >= 0.6 is 0 Å². The van der Waals surface area contributed by atoms with Crippen LogP contribution in [0.1, 0.15) is 81.9 Å². The van der Waals surface area contributed by atoms with Crippen LogP contribution in [0.2, 0.25) is 0 Å². The molecular weight excluding hydrogens is 627 g/mol. The van der Waals surface area contributed by atoms with Gasteiger partial charge in [-0.1, -0.05) is 44.2 Å². The molecule has 6 rings (SSSR count). The average Bonchev–Trinajstić information content (AvgIpc) is 3.33. The second kappa shape index (κ2) is 13.4. The Morgan fingerprint density at radius 3 is 2.38 bits per heavy atom. The van der Waals surface area contributed by atoms with E-state index in [9.17, 15) is 38.1 Å². The van der Waals surface area contributed by atoms with Crippen LogP contribution in [0.15, 0.2) is 42.5 Å². The van der Waals surface area contributed by atoms with E-state index < -0.39 is 35.1 Å². The number of aliphatic hydroxyl groups excluding tert-OH is 2. The summed E-state index contributed by atoms with van der Waals surface area (Å²) in [5.41, 5.74) is -2.61. The van der Waals surface area contributed by atoms with E-state index in [0.717, 1.165) is 56.2 Å². The topological polar surface area (TPSA) is 137 Å². The Morgan fingerprint density at radius 1 is 1.06 bits per heavy atom. The van der Waals surface area contributed by atoms with Crippen LogP contribution in [0.25, 0.3) is 0 Å². The van der Waals surface area contributed by atoms with Gasteiger partial charge in [0.05, 0.1) is 18.8 Å². The van der Waals surface area contributed by atoms with Crippen molar-refractivity contribution in [3.8, 4) is 17.6 Å². The second-order valence-electron chi connectivity index (χ2n) is 14.4. The first-order valence-electron chi connectivity index (χ1n) is 16.6. The fourth-order valence-electron chi connectivity index (χ4n) is 9.52. The maximum atomic E-state index is 13.4. The number of fused-ring (bicyclic) bond motifs is 5. The summed E-state index contributed by atoms with van der Waals surface area (Å²) in [5.74, 6) is 0.0587. The molecule has 0 bridgehead atoms. The zero-order valence-electron chi connectivity index (χ0n) is 27.6. The van der Waals surface area contributed by atoms with Crippen molar-refractivity contribution < 1.29 is 47.6 Å². The van der Waals surface area contributed by atoms with Crippen molar-refractivity contribution in [2.45, 2.75) is 89.7 Å². The van der Waals surface area contributed by atoms with Gasteiger partial charge in [-0.3, -0.25) is 9.59 Å². The summed E-state index contributed by atoms with van der Waals surface area (Å²) in [6.07, 6.45) is 0.924. The molecular formula is C37H44F3NO7. The highest BCUT2D eigenvalue weighted by atomic mass is 19.4. The van der Waals surface area contributed by atoms with Crippen LogP contribution in [0.3, 0.4) is 0 Å². The van der Waals surface area contributed by atoms with Crippen LogP contribution in [0, 0.1) is 45.8 Å². The Bertz CT molecular complexity index is 1560. The van der Waals surface area contributed by atoms with Gasteiger partial charge in [0.25, 0.3) is 0 Å². The van der Waals surface area contributed by atoms with E-state index in [-0.39, 0.29) is 65.1 Å². The van der Waals surface area contributed by atoms with Gasteiger partial charge in [0, 0.05) is 17.8 Å². The summed E-state index contributed by atoms with van der Waals surface area (Å²) >= 11 is 0.